The van der Waals surface area contributed by atoms with Gasteiger partial charge in [-0.15, -0.1) is 0 Å². The molecule has 0 atom stereocenters. The number of benzene rings is 1. The fraction of sp³-hybridized carbons (Fsp3) is 0.190. The quantitative estimate of drug-likeness (QED) is 0.397. The third kappa shape index (κ3) is 3.29. The van der Waals surface area contributed by atoms with Gasteiger partial charge in [-0.25, -0.2) is 14.5 Å². The molecule has 0 aliphatic heterocycles. The lowest BCUT2D eigenvalue weighted by Gasteiger charge is -2.04. The van der Waals surface area contributed by atoms with Crippen molar-refractivity contribution in [3.8, 4) is 11.3 Å². The average molecular weight is 435 g/mol. The molecule has 1 aromatic carbocycles. The van der Waals surface area contributed by atoms with Crippen LogP contribution >= 0.6 is 23.1 Å². The largest absolute Gasteiger partial charge is 0.275 e. The van der Waals surface area contributed by atoms with Crippen LogP contribution in [-0.2, 0) is 5.75 Å². The van der Waals surface area contributed by atoms with Gasteiger partial charge in [-0.1, -0.05) is 53.4 Å². The Bertz CT molecular complexity index is 1450. The van der Waals surface area contributed by atoms with Crippen LogP contribution in [0.2, 0.25) is 0 Å². The molecule has 5 rings (SSSR count). The number of nitrogens with zero attached hydrogens (tertiary/aromatic N) is 6. The van der Waals surface area contributed by atoms with E-state index in [9.17, 15) is 4.79 Å². The Balaban J connectivity index is 1.57. The Hall–Kier alpha value is -3.04. The van der Waals surface area contributed by atoms with Gasteiger partial charge < -0.3 is 0 Å². The van der Waals surface area contributed by atoms with E-state index in [1.54, 1.807) is 0 Å². The molecule has 4 heterocycles. The molecule has 0 bridgehead atoms. The summed E-state index contributed by atoms with van der Waals surface area (Å²) in [5, 5.41) is 10.5. The molecule has 5 aromatic rings. The van der Waals surface area contributed by atoms with Gasteiger partial charge in [-0.2, -0.15) is 14.7 Å². The van der Waals surface area contributed by atoms with Gasteiger partial charge in [0.25, 0.3) is 5.56 Å². The molecule has 0 N–H and O–H groups in total. The van der Waals surface area contributed by atoms with Gasteiger partial charge >= 0.3 is 0 Å². The fourth-order valence-electron chi connectivity index (χ4n) is 3.46. The molecule has 0 radical (unpaired) electrons. The predicted octanol–water partition coefficient (Wildman–Crippen LogP) is 4.08. The van der Waals surface area contributed by atoms with Crippen molar-refractivity contribution >= 4 is 33.6 Å². The van der Waals surface area contributed by atoms with Gasteiger partial charge in [0, 0.05) is 17.4 Å². The van der Waals surface area contributed by atoms with Crippen LogP contribution in [0.3, 0.4) is 0 Å². The van der Waals surface area contributed by atoms with Gasteiger partial charge in [0.15, 0.2) is 5.16 Å². The number of aryl methyl sites for hydroxylation is 3. The summed E-state index contributed by atoms with van der Waals surface area (Å²) in [6.07, 6.45) is 0. The molecule has 30 heavy (non-hydrogen) atoms. The maximum atomic E-state index is 12.3. The van der Waals surface area contributed by atoms with Gasteiger partial charge in [-0.3, -0.25) is 4.79 Å². The minimum Gasteiger partial charge on any atom is -0.267 e. The minimum absolute atomic E-state index is 0.164. The SMILES string of the molecule is Cc1cc(C)c2c(-c3ccccc3)nc(SCc3cc(=O)n4nc(C)sc4n3)n2n1. The highest BCUT2D eigenvalue weighted by atomic mass is 32.2. The second-order valence-corrected chi connectivity index (χ2v) is 9.13. The number of thioether (sulfide) groups is 1. The highest BCUT2D eigenvalue weighted by molar-refractivity contribution is 7.98. The summed E-state index contributed by atoms with van der Waals surface area (Å²) in [4.78, 5) is 22.5. The van der Waals surface area contributed by atoms with E-state index in [0.717, 1.165) is 38.2 Å². The number of hydrogen-bond donors (Lipinski definition) is 0. The topological polar surface area (TPSA) is 77.5 Å². The summed E-state index contributed by atoms with van der Waals surface area (Å²) in [7, 11) is 0. The zero-order valence-electron chi connectivity index (χ0n) is 16.7. The van der Waals surface area contributed by atoms with Crippen LogP contribution in [-0.4, -0.2) is 29.2 Å². The van der Waals surface area contributed by atoms with Crippen LogP contribution in [0.4, 0.5) is 0 Å². The first kappa shape index (κ1) is 19.0. The highest BCUT2D eigenvalue weighted by Crippen LogP contribution is 2.31. The van der Waals surface area contributed by atoms with Crippen LogP contribution in [0.5, 0.6) is 0 Å². The first-order valence-corrected chi connectivity index (χ1v) is 11.2. The van der Waals surface area contributed by atoms with Crippen molar-refractivity contribution in [2.75, 3.05) is 0 Å². The van der Waals surface area contributed by atoms with Crippen molar-refractivity contribution in [3.63, 3.8) is 0 Å². The molecule has 0 spiro atoms. The summed E-state index contributed by atoms with van der Waals surface area (Å²) in [5.74, 6) is 0.519. The Kier molecular flexibility index (Phi) is 4.63. The van der Waals surface area contributed by atoms with Crippen LogP contribution in [0.1, 0.15) is 22.0 Å². The van der Waals surface area contributed by atoms with Crippen LogP contribution in [0, 0.1) is 20.8 Å². The monoisotopic (exact) mass is 434 g/mol. The summed E-state index contributed by atoms with van der Waals surface area (Å²) < 4.78 is 3.25. The molecular formula is C21H18N6OS2. The Morgan fingerprint density at radius 3 is 2.60 bits per heavy atom. The van der Waals surface area contributed by atoms with Gasteiger partial charge in [0.1, 0.15) is 5.01 Å². The standard InChI is InChI=1S/C21H18N6OS2/c1-12-9-13(2)24-27-19(12)18(15-7-5-4-6-8-15)23-20(27)29-11-16-10-17(28)26-21(22-16)30-14(3)25-26/h4-10H,11H2,1-3H3. The minimum atomic E-state index is -0.164. The van der Waals surface area contributed by atoms with Crippen molar-refractivity contribution in [1.29, 1.82) is 0 Å². The molecule has 0 saturated heterocycles. The molecule has 7 nitrogen and oxygen atoms in total. The maximum Gasteiger partial charge on any atom is 0.275 e. The number of fused-ring (bicyclic) bond motifs is 2. The lowest BCUT2D eigenvalue weighted by Crippen LogP contribution is -2.15. The second kappa shape index (κ2) is 7.33. The number of aromatic nitrogens is 6. The van der Waals surface area contributed by atoms with Gasteiger partial charge in [0.2, 0.25) is 4.96 Å². The average Bonchev–Trinajstić information content (AvgIpc) is 3.27. The number of hydrogen-bond acceptors (Lipinski definition) is 7. The van der Waals surface area contributed by atoms with Crippen molar-refractivity contribution in [2.24, 2.45) is 0 Å². The van der Waals surface area contributed by atoms with E-state index in [1.807, 2.05) is 36.6 Å². The van der Waals surface area contributed by atoms with E-state index in [1.165, 1.54) is 33.7 Å². The summed E-state index contributed by atoms with van der Waals surface area (Å²) in [6.45, 7) is 5.92. The zero-order valence-corrected chi connectivity index (χ0v) is 18.3. The van der Waals surface area contributed by atoms with Crippen molar-refractivity contribution in [3.05, 3.63) is 74.8 Å². The van der Waals surface area contributed by atoms with Gasteiger partial charge in [0.05, 0.1) is 22.6 Å². The summed E-state index contributed by atoms with van der Waals surface area (Å²) in [5.41, 5.74) is 5.54. The van der Waals surface area contributed by atoms with Crippen molar-refractivity contribution < 1.29 is 0 Å². The molecule has 0 saturated carbocycles. The van der Waals surface area contributed by atoms with E-state index >= 15 is 0 Å². The lowest BCUT2D eigenvalue weighted by molar-refractivity contribution is 0.792. The third-order valence-corrected chi connectivity index (χ3v) is 6.46. The smallest absolute Gasteiger partial charge is 0.267 e. The first-order chi connectivity index (χ1) is 14.5. The van der Waals surface area contributed by atoms with Gasteiger partial charge in [-0.05, 0) is 32.4 Å². The highest BCUT2D eigenvalue weighted by Gasteiger charge is 2.17. The fourth-order valence-corrected chi connectivity index (χ4v) is 5.06. The van der Waals surface area contributed by atoms with Crippen molar-refractivity contribution in [2.45, 2.75) is 31.7 Å². The second-order valence-electron chi connectivity index (χ2n) is 7.03. The van der Waals surface area contributed by atoms with E-state index in [0.29, 0.717) is 16.4 Å². The predicted molar refractivity (Wildman–Crippen MR) is 119 cm³/mol. The maximum absolute atomic E-state index is 12.3. The normalized spacial score (nSPS) is 11.6. The third-order valence-electron chi connectivity index (χ3n) is 4.68. The van der Waals surface area contributed by atoms with E-state index in [2.05, 4.69) is 35.2 Å². The molecule has 150 valence electrons. The summed E-state index contributed by atoms with van der Waals surface area (Å²) >= 11 is 2.93. The van der Waals surface area contributed by atoms with E-state index in [4.69, 9.17) is 10.1 Å². The number of rotatable bonds is 4. The molecule has 4 aromatic heterocycles. The molecular weight excluding hydrogens is 416 g/mol. The first-order valence-electron chi connectivity index (χ1n) is 9.41. The Morgan fingerprint density at radius 2 is 1.80 bits per heavy atom. The van der Waals surface area contributed by atoms with Crippen LogP contribution < -0.4 is 5.56 Å². The molecule has 0 amide bonds. The molecule has 0 aliphatic carbocycles. The Morgan fingerprint density at radius 1 is 1.00 bits per heavy atom. The molecule has 0 unspecified atom stereocenters. The Labute approximate surface area is 180 Å². The van der Waals surface area contributed by atoms with Crippen molar-refractivity contribution in [1.82, 2.24) is 29.2 Å². The summed E-state index contributed by atoms with van der Waals surface area (Å²) in [6, 6.07) is 13.7. The molecule has 0 aliphatic rings. The van der Waals surface area contributed by atoms with E-state index in [-0.39, 0.29) is 5.56 Å². The lowest BCUT2D eigenvalue weighted by atomic mass is 10.1. The zero-order chi connectivity index (χ0) is 20.8. The number of imidazole rings is 1. The molecule has 9 heteroatoms. The molecule has 0 fully saturated rings. The van der Waals surface area contributed by atoms with E-state index < -0.39 is 0 Å². The van der Waals surface area contributed by atoms with Crippen LogP contribution in [0.15, 0.2) is 52.4 Å². The van der Waals surface area contributed by atoms with Crippen LogP contribution in [0.25, 0.3) is 21.7 Å².